The number of ether oxygens (including phenoxy) is 1. The molecule has 1 aromatic rings. The van der Waals surface area contributed by atoms with Gasteiger partial charge in [0.2, 0.25) is 0 Å². The molecule has 1 fully saturated rings. The Labute approximate surface area is 124 Å². The van der Waals surface area contributed by atoms with Crippen molar-refractivity contribution in [3.63, 3.8) is 0 Å². The van der Waals surface area contributed by atoms with E-state index in [9.17, 15) is 0 Å². The first-order chi connectivity index (χ1) is 9.08. The molecular formula is C16H24BrNO. The van der Waals surface area contributed by atoms with Gasteiger partial charge in [-0.1, -0.05) is 35.7 Å². The summed E-state index contributed by atoms with van der Waals surface area (Å²) in [6.45, 7) is 3.12. The zero-order chi connectivity index (χ0) is 13.9. The van der Waals surface area contributed by atoms with Gasteiger partial charge in [-0.3, -0.25) is 0 Å². The van der Waals surface area contributed by atoms with Crippen LogP contribution >= 0.6 is 15.9 Å². The van der Waals surface area contributed by atoms with E-state index < -0.39 is 0 Å². The zero-order valence-corrected chi connectivity index (χ0v) is 13.5. The average Bonchev–Trinajstić information content (AvgIpc) is 2.42. The molecule has 0 radical (unpaired) electrons. The van der Waals surface area contributed by atoms with Crippen LogP contribution in [0.3, 0.4) is 0 Å². The van der Waals surface area contributed by atoms with Crippen molar-refractivity contribution in [1.82, 2.24) is 0 Å². The average molecular weight is 326 g/mol. The largest absolute Gasteiger partial charge is 0.496 e. The first-order valence-electron chi connectivity index (χ1n) is 7.11. The summed E-state index contributed by atoms with van der Waals surface area (Å²) in [5.74, 6) is 1.83. The topological polar surface area (TPSA) is 35.2 Å². The van der Waals surface area contributed by atoms with Crippen LogP contribution in [-0.2, 0) is 6.42 Å². The van der Waals surface area contributed by atoms with Gasteiger partial charge >= 0.3 is 0 Å². The van der Waals surface area contributed by atoms with Crippen LogP contribution in [0.4, 0.5) is 0 Å². The van der Waals surface area contributed by atoms with E-state index >= 15 is 0 Å². The Morgan fingerprint density at radius 2 is 2.05 bits per heavy atom. The van der Waals surface area contributed by atoms with Crippen LogP contribution in [0.1, 0.15) is 38.2 Å². The van der Waals surface area contributed by atoms with Crippen LogP contribution in [0.5, 0.6) is 5.75 Å². The van der Waals surface area contributed by atoms with Crippen molar-refractivity contribution in [2.75, 3.05) is 13.7 Å². The molecular weight excluding hydrogens is 302 g/mol. The highest BCUT2D eigenvalue weighted by Crippen LogP contribution is 2.42. The number of halogens is 1. The standard InChI is InChI=1S/C16H24BrNO/c1-12-5-7-16(11-18,8-6-12)10-13-9-14(17)3-4-15(13)19-2/h3-4,9,12H,5-8,10-11,18H2,1-2H3. The summed E-state index contributed by atoms with van der Waals surface area (Å²) < 4.78 is 6.60. The molecule has 0 heterocycles. The molecule has 106 valence electrons. The van der Waals surface area contributed by atoms with Crippen LogP contribution in [0.2, 0.25) is 0 Å². The molecule has 0 bridgehead atoms. The highest BCUT2D eigenvalue weighted by molar-refractivity contribution is 9.10. The molecule has 1 aliphatic rings. The van der Waals surface area contributed by atoms with Crippen molar-refractivity contribution in [3.8, 4) is 5.75 Å². The Bertz CT molecular complexity index is 425. The molecule has 1 saturated carbocycles. The van der Waals surface area contributed by atoms with E-state index in [-0.39, 0.29) is 5.41 Å². The Morgan fingerprint density at radius 1 is 1.37 bits per heavy atom. The van der Waals surface area contributed by atoms with Crippen molar-refractivity contribution in [2.24, 2.45) is 17.1 Å². The molecule has 0 aromatic heterocycles. The maximum absolute atomic E-state index is 6.11. The van der Waals surface area contributed by atoms with E-state index in [4.69, 9.17) is 10.5 Å². The summed E-state index contributed by atoms with van der Waals surface area (Å²) in [6, 6.07) is 6.24. The third-order valence-corrected chi connectivity index (χ3v) is 5.07. The number of benzene rings is 1. The van der Waals surface area contributed by atoms with E-state index in [1.165, 1.54) is 31.2 Å². The van der Waals surface area contributed by atoms with E-state index in [0.717, 1.165) is 29.1 Å². The fraction of sp³-hybridized carbons (Fsp3) is 0.625. The number of hydrogen-bond acceptors (Lipinski definition) is 2. The van der Waals surface area contributed by atoms with Crippen LogP contribution in [0.15, 0.2) is 22.7 Å². The Kier molecular flexibility index (Phi) is 4.91. The lowest BCUT2D eigenvalue weighted by Gasteiger charge is -2.39. The van der Waals surface area contributed by atoms with Crippen molar-refractivity contribution < 1.29 is 4.74 Å². The third kappa shape index (κ3) is 3.51. The second-order valence-corrected chi connectivity index (χ2v) is 6.94. The molecule has 2 N–H and O–H groups in total. The lowest BCUT2D eigenvalue weighted by atomic mass is 9.68. The van der Waals surface area contributed by atoms with Gasteiger partial charge in [-0.25, -0.2) is 0 Å². The molecule has 0 saturated heterocycles. The summed E-state index contributed by atoms with van der Waals surface area (Å²) in [5, 5.41) is 0. The predicted molar refractivity (Wildman–Crippen MR) is 83.5 cm³/mol. The number of rotatable bonds is 4. The fourth-order valence-electron chi connectivity index (χ4n) is 3.12. The van der Waals surface area contributed by atoms with Crippen molar-refractivity contribution >= 4 is 15.9 Å². The van der Waals surface area contributed by atoms with Gasteiger partial charge in [-0.2, -0.15) is 0 Å². The van der Waals surface area contributed by atoms with Crippen LogP contribution < -0.4 is 10.5 Å². The number of nitrogens with two attached hydrogens (primary N) is 1. The summed E-state index contributed by atoms with van der Waals surface area (Å²) >= 11 is 3.55. The molecule has 0 unspecified atom stereocenters. The molecule has 2 nitrogen and oxygen atoms in total. The van der Waals surface area contributed by atoms with Gasteiger partial charge in [0, 0.05) is 4.47 Å². The molecule has 3 heteroatoms. The maximum Gasteiger partial charge on any atom is 0.122 e. The third-order valence-electron chi connectivity index (χ3n) is 4.58. The highest BCUT2D eigenvalue weighted by atomic mass is 79.9. The Balaban J connectivity index is 2.20. The summed E-state index contributed by atoms with van der Waals surface area (Å²) in [4.78, 5) is 0. The monoisotopic (exact) mass is 325 g/mol. The van der Waals surface area contributed by atoms with Gasteiger partial charge in [0.15, 0.2) is 0 Å². The minimum Gasteiger partial charge on any atom is -0.496 e. The molecule has 2 rings (SSSR count). The van der Waals surface area contributed by atoms with Crippen molar-refractivity contribution in [1.29, 1.82) is 0 Å². The minimum absolute atomic E-state index is 0.264. The molecule has 1 aliphatic carbocycles. The van der Waals surface area contributed by atoms with Crippen molar-refractivity contribution in [2.45, 2.75) is 39.0 Å². The van der Waals surface area contributed by atoms with E-state index in [1.54, 1.807) is 7.11 Å². The predicted octanol–water partition coefficient (Wildman–Crippen LogP) is 4.16. The van der Waals surface area contributed by atoms with Gasteiger partial charge in [0.1, 0.15) is 5.75 Å². The second kappa shape index (κ2) is 6.27. The Hall–Kier alpha value is -0.540. The lowest BCUT2D eigenvalue weighted by Crippen LogP contribution is -2.36. The van der Waals surface area contributed by atoms with Crippen LogP contribution in [0.25, 0.3) is 0 Å². The fourth-order valence-corrected chi connectivity index (χ4v) is 3.53. The van der Waals surface area contributed by atoms with Gasteiger partial charge in [0.05, 0.1) is 7.11 Å². The van der Waals surface area contributed by atoms with Crippen molar-refractivity contribution in [3.05, 3.63) is 28.2 Å². The number of hydrogen-bond donors (Lipinski definition) is 1. The van der Waals surface area contributed by atoms with Gasteiger partial charge in [-0.05, 0) is 60.9 Å². The van der Waals surface area contributed by atoms with Gasteiger partial charge < -0.3 is 10.5 Å². The first-order valence-corrected chi connectivity index (χ1v) is 7.90. The maximum atomic E-state index is 6.11. The molecule has 0 amide bonds. The highest BCUT2D eigenvalue weighted by Gasteiger charge is 2.33. The molecule has 1 aromatic carbocycles. The smallest absolute Gasteiger partial charge is 0.122 e. The molecule has 0 aliphatic heterocycles. The van der Waals surface area contributed by atoms with Gasteiger partial charge in [0.25, 0.3) is 0 Å². The summed E-state index contributed by atoms with van der Waals surface area (Å²) in [5.41, 5.74) is 7.65. The molecule has 19 heavy (non-hydrogen) atoms. The Morgan fingerprint density at radius 3 is 2.63 bits per heavy atom. The van der Waals surface area contributed by atoms with E-state index in [0.29, 0.717) is 0 Å². The summed E-state index contributed by atoms with van der Waals surface area (Å²) in [6.07, 6.45) is 6.10. The zero-order valence-electron chi connectivity index (χ0n) is 11.9. The van der Waals surface area contributed by atoms with Crippen LogP contribution in [0, 0.1) is 11.3 Å². The minimum atomic E-state index is 0.264. The SMILES string of the molecule is COc1ccc(Br)cc1CC1(CN)CCC(C)CC1. The van der Waals surface area contributed by atoms with Crippen LogP contribution in [-0.4, -0.2) is 13.7 Å². The molecule has 0 atom stereocenters. The first kappa shape index (κ1) is 14.9. The molecule has 0 spiro atoms. The van der Waals surface area contributed by atoms with Gasteiger partial charge in [-0.15, -0.1) is 0 Å². The normalized spacial score (nSPS) is 27.3. The lowest BCUT2D eigenvalue weighted by molar-refractivity contribution is 0.162. The summed E-state index contributed by atoms with van der Waals surface area (Å²) in [7, 11) is 1.74. The van der Waals surface area contributed by atoms with E-state index in [2.05, 4.69) is 28.9 Å². The van der Waals surface area contributed by atoms with E-state index in [1.807, 2.05) is 12.1 Å². The number of methoxy groups -OCH3 is 1. The second-order valence-electron chi connectivity index (χ2n) is 6.02. The quantitative estimate of drug-likeness (QED) is 0.902.